The first-order valence-electron chi connectivity index (χ1n) is 12.8. The van der Waals surface area contributed by atoms with Crippen LogP contribution in [0.1, 0.15) is 47.9 Å². The molecule has 12 heteroatoms. The molecule has 0 aromatic heterocycles. The number of piperidine rings is 1. The Morgan fingerprint density at radius 3 is 2.28 bits per heavy atom. The average Bonchev–Trinajstić information content (AvgIpc) is 3.60. The molecule has 2 aliphatic heterocycles. The SMILES string of the molecule is CNc1cc(C)c(CC2(S(=O)(=O)N3CCC4(CC3)N=C(c3cccc(OC(F)(F)F)c3)NC4=O)CC2)c(C)c1. The van der Waals surface area contributed by atoms with Crippen LogP contribution in [0.15, 0.2) is 41.4 Å². The van der Waals surface area contributed by atoms with Crippen LogP contribution in [0.3, 0.4) is 0 Å². The van der Waals surface area contributed by atoms with Crippen LogP contribution >= 0.6 is 0 Å². The minimum absolute atomic E-state index is 0.141. The number of benzene rings is 2. The van der Waals surface area contributed by atoms with Gasteiger partial charge in [-0.15, -0.1) is 13.2 Å². The zero-order valence-corrected chi connectivity index (χ0v) is 22.8. The molecule has 1 saturated carbocycles. The van der Waals surface area contributed by atoms with Crippen molar-refractivity contribution in [2.45, 2.75) is 62.6 Å². The van der Waals surface area contributed by atoms with Crippen molar-refractivity contribution in [3.63, 3.8) is 0 Å². The number of nitrogens with zero attached hydrogens (tertiary/aromatic N) is 2. The van der Waals surface area contributed by atoms with Crippen LogP contribution in [0.25, 0.3) is 0 Å². The molecule has 3 aliphatic rings. The van der Waals surface area contributed by atoms with Gasteiger partial charge in [-0.3, -0.25) is 9.79 Å². The number of aryl methyl sites for hydroxylation is 2. The topological polar surface area (TPSA) is 100 Å². The third kappa shape index (κ3) is 5.11. The summed E-state index contributed by atoms with van der Waals surface area (Å²) in [4.78, 5) is 17.5. The molecule has 0 radical (unpaired) electrons. The number of rotatable bonds is 7. The van der Waals surface area contributed by atoms with Crippen LogP contribution in [0, 0.1) is 13.8 Å². The lowest BCUT2D eigenvalue weighted by atomic mass is 9.89. The zero-order chi connectivity index (χ0) is 28.2. The Morgan fingerprint density at radius 1 is 1.08 bits per heavy atom. The van der Waals surface area contributed by atoms with Crippen LogP contribution in [0.4, 0.5) is 18.9 Å². The number of carbonyl (C=O) groups is 1. The number of alkyl halides is 3. The number of halogens is 3. The molecular formula is C27H31F3N4O4S. The van der Waals surface area contributed by atoms with Crippen LogP contribution in [0.5, 0.6) is 5.75 Å². The van der Waals surface area contributed by atoms with Gasteiger partial charge in [0.05, 0.1) is 4.75 Å². The number of hydrogen-bond acceptors (Lipinski definition) is 6. The number of hydrogen-bond donors (Lipinski definition) is 2. The van der Waals surface area contributed by atoms with E-state index in [-0.39, 0.29) is 43.2 Å². The molecule has 0 bridgehead atoms. The Hall–Kier alpha value is -3.12. The first-order valence-corrected chi connectivity index (χ1v) is 14.3. The third-order valence-corrected chi connectivity index (χ3v) is 10.7. The second-order valence-electron chi connectivity index (χ2n) is 10.6. The van der Waals surface area contributed by atoms with Crippen molar-refractivity contribution in [1.29, 1.82) is 0 Å². The summed E-state index contributed by atoms with van der Waals surface area (Å²) >= 11 is 0. The van der Waals surface area contributed by atoms with Gasteiger partial charge in [-0.2, -0.15) is 0 Å². The highest BCUT2D eigenvalue weighted by Gasteiger charge is 2.58. The quantitative estimate of drug-likeness (QED) is 0.529. The highest BCUT2D eigenvalue weighted by molar-refractivity contribution is 7.90. The van der Waals surface area contributed by atoms with Gasteiger partial charge < -0.3 is 15.4 Å². The maximum Gasteiger partial charge on any atom is 0.573 e. The normalized spacial score (nSPS) is 20.5. The Bertz CT molecular complexity index is 1420. The van der Waals surface area contributed by atoms with Gasteiger partial charge >= 0.3 is 6.36 Å². The van der Waals surface area contributed by atoms with Gasteiger partial charge in [0.25, 0.3) is 5.91 Å². The smallest absolute Gasteiger partial charge is 0.406 e. The minimum atomic E-state index is -4.84. The van der Waals surface area contributed by atoms with Crippen LogP contribution < -0.4 is 15.4 Å². The molecule has 1 amide bonds. The van der Waals surface area contributed by atoms with Gasteiger partial charge in [-0.25, -0.2) is 12.7 Å². The number of aliphatic imine (C=N–C) groups is 1. The van der Waals surface area contributed by atoms with Gasteiger partial charge in [0.1, 0.15) is 17.1 Å². The fraction of sp³-hybridized carbons (Fsp3) is 0.481. The molecule has 2 aromatic carbocycles. The monoisotopic (exact) mass is 564 g/mol. The van der Waals surface area contributed by atoms with Gasteiger partial charge in [-0.1, -0.05) is 12.1 Å². The maximum atomic E-state index is 13.8. The van der Waals surface area contributed by atoms with Gasteiger partial charge in [-0.05, 0) is 86.9 Å². The van der Waals surface area contributed by atoms with Crippen molar-refractivity contribution in [3.05, 3.63) is 58.7 Å². The van der Waals surface area contributed by atoms with Crippen molar-refractivity contribution in [2.24, 2.45) is 4.99 Å². The zero-order valence-electron chi connectivity index (χ0n) is 22.0. The molecule has 8 nitrogen and oxygen atoms in total. The molecule has 39 heavy (non-hydrogen) atoms. The fourth-order valence-electron chi connectivity index (χ4n) is 5.61. The van der Waals surface area contributed by atoms with Gasteiger partial charge in [0.15, 0.2) is 0 Å². The minimum Gasteiger partial charge on any atom is -0.406 e. The molecule has 5 rings (SSSR count). The van der Waals surface area contributed by atoms with E-state index >= 15 is 0 Å². The summed E-state index contributed by atoms with van der Waals surface area (Å²) in [5.41, 5.74) is 3.25. The van der Waals surface area contributed by atoms with E-state index in [0.29, 0.717) is 19.3 Å². The fourth-order valence-corrected chi connectivity index (χ4v) is 7.76. The van der Waals surface area contributed by atoms with Crippen molar-refractivity contribution in [2.75, 3.05) is 25.5 Å². The molecule has 0 atom stereocenters. The summed E-state index contributed by atoms with van der Waals surface area (Å²) in [6.45, 7) is 4.27. The Labute approximate surface area is 225 Å². The lowest BCUT2D eigenvalue weighted by Gasteiger charge is -2.37. The van der Waals surface area contributed by atoms with E-state index < -0.39 is 32.4 Å². The maximum absolute atomic E-state index is 13.8. The summed E-state index contributed by atoms with van der Waals surface area (Å²) in [6.07, 6.45) is -2.86. The Morgan fingerprint density at radius 2 is 1.72 bits per heavy atom. The molecule has 1 saturated heterocycles. The highest BCUT2D eigenvalue weighted by atomic mass is 32.2. The highest BCUT2D eigenvalue weighted by Crippen LogP contribution is 2.49. The van der Waals surface area contributed by atoms with Crippen LogP contribution in [-0.2, 0) is 21.2 Å². The average molecular weight is 565 g/mol. The number of amides is 1. The van der Waals surface area contributed by atoms with Gasteiger partial charge in [0.2, 0.25) is 10.0 Å². The van der Waals surface area contributed by atoms with E-state index in [0.717, 1.165) is 28.4 Å². The number of nitrogens with one attached hydrogen (secondary N) is 2. The predicted molar refractivity (Wildman–Crippen MR) is 141 cm³/mol. The molecule has 0 unspecified atom stereocenters. The lowest BCUT2D eigenvalue weighted by Crippen LogP contribution is -2.52. The van der Waals surface area contributed by atoms with Crippen molar-refractivity contribution in [1.82, 2.24) is 9.62 Å². The summed E-state index contributed by atoms with van der Waals surface area (Å²) in [7, 11) is -1.79. The van der Waals surface area contributed by atoms with E-state index in [1.165, 1.54) is 22.5 Å². The molecule has 2 heterocycles. The van der Waals surface area contributed by atoms with Crippen LogP contribution in [0.2, 0.25) is 0 Å². The third-order valence-electron chi connectivity index (χ3n) is 8.05. The van der Waals surface area contributed by atoms with Crippen molar-refractivity contribution >= 4 is 27.5 Å². The molecule has 210 valence electrons. The predicted octanol–water partition coefficient (Wildman–Crippen LogP) is 4.06. The number of sulfonamides is 1. The van der Waals surface area contributed by atoms with Crippen molar-refractivity contribution in [3.8, 4) is 5.75 Å². The molecule has 2 fully saturated rings. The number of amidine groups is 1. The number of carbonyl (C=O) groups excluding carboxylic acids is 1. The van der Waals surface area contributed by atoms with Gasteiger partial charge in [0, 0.05) is 31.4 Å². The summed E-state index contributed by atoms with van der Waals surface area (Å²) in [5.74, 6) is -0.646. The first-order chi connectivity index (χ1) is 18.3. The van der Waals surface area contributed by atoms with E-state index in [2.05, 4.69) is 20.4 Å². The second kappa shape index (κ2) is 9.51. The standard InChI is InChI=1S/C27H31F3N4O4S/c1-17-13-20(31-3)14-18(2)22(17)16-25(7-8-25)39(36,37)34-11-9-26(10-12-34)24(35)32-23(33-26)19-5-4-6-21(15-19)38-27(28,29)30/h4-6,13-15,31H,7-12,16H2,1-3H3,(H,32,33,35). The number of ether oxygens (including phenoxy) is 1. The summed E-state index contributed by atoms with van der Waals surface area (Å²) in [6, 6.07) is 9.29. The second-order valence-corrected chi connectivity index (χ2v) is 13.0. The molecule has 1 aliphatic carbocycles. The summed E-state index contributed by atoms with van der Waals surface area (Å²) < 4.78 is 70.1. The Kier molecular flexibility index (Phi) is 6.69. The largest absolute Gasteiger partial charge is 0.573 e. The van der Waals surface area contributed by atoms with E-state index in [1.54, 1.807) is 0 Å². The summed E-state index contributed by atoms with van der Waals surface area (Å²) in [5, 5.41) is 5.80. The molecule has 2 N–H and O–H groups in total. The molecule has 1 spiro atoms. The lowest BCUT2D eigenvalue weighted by molar-refractivity contribution is -0.274. The molecular weight excluding hydrogens is 533 g/mol. The van der Waals surface area contributed by atoms with E-state index in [4.69, 9.17) is 0 Å². The van der Waals surface area contributed by atoms with Crippen molar-refractivity contribution < 1.29 is 31.1 Å². The molecule has 2 aromatic rings. The number of anilines is 1. The first kappa shape index (κ1) is 27.4. The van der Waals surface area contributed by atoms with E-state index in [1.807, 2.05) is 33.0 Å². The van der Waals surface area contributed by atoms with E-state index in [9.17, 15) is 26.4 Å². The Balaban J connectivity index is 1.31. The van der Waals surface area contributed by atoms with Crippen LogP contribution in [-0.4, -0.2) is 61.3 Å².